The Morgan fingerprint density at radius 2 is 1.96 bits per heavy atom. The highest BCUT2D eigenvalue weighted by Gasteiger charge is 2.31. The first-order valence-electron chi connectivity index (χ1n) is 8.52. The van der Waals surface area contributed by atoms with E-state index in [4.69, 9.17) is 9.47 Å². The van der Waals surface area contributed by atoms with Crippen LogP contribution in [-0.2, 0) is 4.79 Å². The monoisotopic (exact) mass is 435 g/mol. The van der Waals surface area contributed by atoms with Gasteiger partial charge in [-0.15, -0.1) is 11.8 Å². The van der Waals surface area contributed by atoms with Gasteiger partial charge in [-0.05, 0) is 49.2 Å². The van der Waals surface area contributed by atoms with Crippen LogP contribution in [0.2, 0.25) is 0 Å². The molecule has 138 valence electrons. The van der Waals surface area contributed by atoms with Crippen LogP contribution in [0.15, 0.2) is 51.8 Å². The molecule has 2 aromatic rings. The van der Waals surface area contributed by atoms with Crippen LogP contribution >= 0.6 is 27.7 Å². The van der Waals surface area contributed by atoms with Gasteiger partial charge >= 0.3 is 0 Å². The van der Waals surface area contributed by atoms with Crippen molar-refractivity contribution in [2.24, 2.45) is 0 Å². The highest BCUT2D eigenvalue weighted by Crippen LogP contribution is 2.39. The van der Waals surface area contributed by atoms with Crippen molar-refractivity contribution >= 4 is 33.6 Å². The van der Waals surface area contributed by atoms with Crippen LogP contribution in [-0.4, -0.2) is 37.3 Å². The molecule has 0 spiro atoms. The Kier molecular flexibility index (Phi) is 6.48. The molecule has 26 heavy (non-hydrogen) atoms. The van der Waals surface area contributed by atoms with Crippen molar-refractivity contribution in [1.82, 2.24) is 4.90 Å². The quantitative estimate of drug-likeness (QED) is 0.603. The second kappa shape index (κ2) is 8.82. The fourth-order valence-electron chi connectivity index (χ4n) is 3.24. The van der Waals surface area contributed by atoms with Crippen LogP contribution in [0, 0.1) is 0 Å². The Morgan fingerprint density at radius 3 is 2.65 bits per heavy atom. The lowest BCUT2D eigenvalue weighted by atomic mass is 10.0. The molecule has 1 fully saturated rings. The van der Waals surface area contributed by atoms with E-state index in [2.05, 4.69) is 15.9 Å². The van der Waals surface area contributed by atoms with Gasteiger partial charge in [-0.2, -0.15) is 0 Å². The molecule has 0 unspecified atom stereocenters. The first kappa shape index (κ1) is 19.1. The third-order valence-electron chi connectivity index (χ3n) is 4.55. The Balaban J connectivity index is 1.71. The number of hydrogen-bond acceptors (Lipinski definition) is 4. The van der Waals surface area contributed by atoms with E-state index in [0.717, 1.165) is 45.8 Å². The fourth-order valence-corrected chi connectivity index (χ4v) is 4.29. The Labute approximate surface area is 167 Å². The molecular formula is C20H22BrNO3S. The number of methoxy groups -OCH3 is 2. The highest BCUT2D eigenvalue weighted by atomic mass is 79.9. The molecule has 1 saturated heterocycles. The van der Waals surface area contributed by atoms with Gasteiger partial charge in [0.2, 0.25) is 5.91 Å². The third kappa shape index (κ3) is 4.35. The van der Waals surface area contributed by atoms with Crippen LogP contribution in [0.25, 0.3) is 0 Å². The average Bonchev–Trinajstić information content (AvgIpc) is 3.16. The van der Waals surface area contributed by atoms with Crippen LogP contribution < -0.4 is 9.47 Å². The average molecular weight is 436 g/mol. The van der Waals surface area contributed by atoms with Crippen LogP contribution in [0.5, 0.6) is 11.5 Å². The maximum absolute atomic E-state index is 12.8. The summed E-state index contributed by atoms with van der Waals surface area (Å²) in [5.74, 6) is 2.14. The molecular weight excluding hydrogens is 414 g/mol. The number of hydrogen-bond donors (Lipinski definition) is 0. The molecule has 1 amide bonds. The SMILES string of the molecule is COc1ccc([C@@H]2CCCN2C(=O)CSc2ccc(Br)cc2)c(OC)c1. The van der Waals surface area contributed by atoms with Crippen LogP contribution in [0.3, 0.4) is 0 Å². The maximum atomic E-state index is 12.8. The summed E-state index contributed by atoms with van der Waals surface area (Å²) in [6, 6.07) is 13.9. The van der Waals surface area contributed by atoms with Gasteiger partial charge in [-0.25, -0.2) is 0 Å². The third-order valence-corrected chi connectivity index (χ3v) is 6.07. The molecule has 1 atom stereocenters. The number of carbonyl (C=O) groups excluding carboxylic acids is 1. The number of nitrogens with zero attached hydrogens (tertiary/aromatic N) is 1. The van der Waals surface area contributed by atoms with Gasteiger partial charge in [0.05, 0.1) is 26.0 Å². The maximum Gasteiger partial charge on any atom is 0.233 e. The Morgan fingerprint density at radius 1 is 1.19 bits per heavy atom. The summed E-state index contributed by atoms with van der Waals surface area (Å²) in [4.78, 5) is 15.9. The number of ether oxygens (including phenoxy) is 2. The van der Waals surface area contributed by atoms with E-state index in [-0.39, 0.29) is 11.9 Å². The van der Waals surface area contributed by atoms with Gasteiger partial charge in [0.25, 0.3) is 0 Å². The summed E-state index contributed by atoms with van der Waals surface area (Å²) in [6.45, 7) is 0.791. The minimum atomic E-state index is 0.0638. The van der Waals surface area contributed by atoms with Crippen molar-refractivity contribution in [3.8, 4) is 11.5 Å². The van der Waals surface area contributed by atoms with Crippen molar-refractivity contribution in [2.45, 2.75) is 23.8 Å². The van der Waals surface area contributed by atoms with Gasteiger partial charge in [0.1, 0.15) is 11.5 Å². The van der Waals surface area contributed by atoms with Crippen molar-refractivity contribution in [2.75, 3.05) is 26.5 Å². The Hall–Kier alpha value is -1.66. The number of amides is 1. The van der Waals surface area contributed by atoms with E-state index in [1.807, 2.05) is 47.4 Å². The van der Waals surface area contributed by atoms with E-state index >= 15 is 0 Å². The largest absolute Gasteiger partial charge is 0.497 e. The lowest BCUT2D eigenvalue weighted by Gasteiger charge is -2.26. The number of rotatable bonds is 6. The minimum Gasteiger partial charge on any atom is -0.497 e. The molecule has 0 bridgehead atoms. The molecule has 0 aromatic heterocycles. The van der Waals surface area contributed by atoms with E-state index in [0.29, 0.717) is 5.75 Å². The summed E-state index contributed by atoms with van der Waals surface area (Å²) in [5.41, 5.74) is 1.05. The van der Waals surface area contributed by atoms with Gasteiger partial charge in [0, 0.05) is 27.5 Å². The molecule has 6 heteroatoms. The van der Waals surface area contributed by atoms with E-state index in [1.165, 1.54) is 0 Å². The molecule has 3 rings (SSSR count). The van der Waals surface area contributed by atoms with Gasteiger partial charge < -0.3 is 14.4 Å². The predicted octanol–water partition coefficient (Wildman–Crippen LogP) is 4.92. The molecule has 2 aromatic carbocycles. The van der Waals surface area contributed by atoms with Gasteiger partial charge in [-0.3, -0.25) is 4.79 Å². The van der Waals surface area contributed by atoms with E-state index in [1.54, 1.807) is 26.0 Å². The van der Waals surface area contributed by atoms with Crippen LogP contribution in [0.1, 0.15) is 24.4 Å². The highest BCUT2D eigenvalue weighted by molar-refractivity contribution is 9.10. The molecule has 0 aliphatic carbocycles. The molecule has 0 radical (unpaired) electrons. The summed E-state index contributed by atoms with van der Waals surface area (Å²) in [5, 5.41) is 0. The minimum absolute atomic E-state index is 0.0638. The number of halogens is 1. The normalized spacial score (nSPS) is 16.6. The summed E-state index contributed by atoms with van der Waals surface area (Å²) in [6.07, 6.45) is 1.96. The molecule has 0 saturated carbocycles. The zero-order valence-corrected chi connectivity index (χ0v) is 17.3. The van der Waals surface area contributed by atoms with E-state index < -0.39 is 0 Å². The number of carbonyl (C=O) groups is 1. The lowest BCUT2D eigenvalue weighted by Crippen LogP contribution is -2.32. The standard InChI is InChI=1S/C20H22BrNO3S/c1-24-15-7-10-17(19(12-15)25-2)18-4-3-11-22(18)20(23)13-26-16-8-5-14(21)6-9-16/h5-10,12,18H,3-4,11,13H2,1-2H3/t18-/m0/s1. The second-order valence-electron chi connectivity index (χ2n) is 6.10. The molecule has 1 heterocycles. The van der Waals surface area contributed by atoms with E-state index in [9.17, 15) is 4.79 Å². The van der Waals surface area contributed by atoms with Crippen molar-refractivity contribution in [1.29, 1.82) is 0 Å². The second-order valence-corrected chi connectivity index (χ2v) is 8.06. The smallest absolute Gasteiger partial charge is 0.233 e. The fraction of sp³-hybridized carbons (Fsp3) is 0.350. The van der Waals surface area contributed by atoms with Crippen LogP contribution in [0.4, 0.5) is 0 Å². The molecule has 1 aliphatic rings. The van der Waals surface area contributed by atoms with Crippen molar-refractivity contribution in [3.63, 3.8) is 0 Å². The zero-order chi connectivity index (χ0) is 18.5. The first-order chi connectivity index (χ1) is 12.6. The zero-order valence-electron chi connectivity index (χ0n) is 14.9. The van der Waals surface area contributed by atoms with Crippen molar-refractivity contribution < 1.29 is 14.3 Å². The lowest BCUT2D eigenvalue weighted by molar-refractivity contribution is -0.129. The Bertz CT molecular complexity index is 766. The van der Waals surface area contributed by atoms with Crippen molar-refractivity contribution in [3.05, 3.63) is 52.5 Å². The number of thioether (sulfide) groups is 1. The van der Waals surface area contributed by atoms with Gasteiger partial charge in [-0.1, -0.05) is 15.9 Å². The number of likely N-dealkylation sites (tertiary alicyclic amines) is 1. The molecule has 1 aliphatic heterocycles. The summed E-state index contributed by atoms with van der Waals surface area (Å²) >= 11 is 5.01. The topological polar surface area (TPSA) is 38.8 Å². The molecule has 0 N–H and O–H groups in total. The summed E-state index contributed by atoms with van der Waals surface area (Å²) in [7, 11) is 3.29. The first-order valence-corrected chi connectivity index (χ1v) is 10.3. The molecule has 4 nitrogen and oxygen atoms in total. The number of benzene rings is 2. The summed E-state index contributed by atoms with van der Waals surface area (Å²) < 4.78 is 11.9. The predicted molar refractivity (Wildman–Crippen MR) is 108 cm³/mol. The van der Waals surface area contributed by atoms with Gasteiger partial charge in [0.15, 0.2) is 0 Å².